The predicted molar refractivity (Wildman–Crippen MR) is 99.9 cm³/mol. The van der Waals surface area contributed by atoms with Crippen molar-refractivity contribution >= 4 is 22.4 Å². The molecule has 1 aromatic carbocycles. The van der Waals surface area contributed by atoms with Crippen LogP contribution in [0.1, 0.15) is 11.1 Å². The summed E-state index contributed by atoms with van der Waals surface area (Å²) in [5.74, 6) is -1.49. The number of aromatic amines is 1. The number of halogens is 4. The van der Waals surface area contributed by atoms with Crippen LogP contribution in [0.25, 0.3) is 16.5 Å². The van der Waals surface area contributed by atoms with Crippen LogP contribution in [0.5, 0.6) is 0 Å². The van der Waals surface area contributed by atoms with Crippen LogP contribution < -0.4 is 5.32 Å². The van der Waals surface area contributed by atoms with Gasteiger partial charge in [0.05, 0.1) is 18.6 Å². The molecular weight excluding hydrogens is 390 g/mol. The van der Waals surface area contributed by atoms with Gasteiger partial charge in [0.2, 0.25) is 12.1 Å². The second-order valence-corrected chi connectivity index (χ2v) is 7.67. The molecule has 0 radical (unpaired) electrons. The van der Waals surface area contributed by atoms with E-state index in [2.05, 4.69) is 4.98 Å². The van der Waals surface area contributed by atoms with Gasteiger partial charge >= 0.3 is 6.18 Å². The van der Waals surface area contributed by atoms with E-state index in [0.29, 0.717) is 0 Å². The monoisotopic (exact) mass is 411 g/mol. The Morgan fingerprint density at radius 3 is 2.86 bits per heavy atom. The summed E-state index contributed by atoms with van der Waals surface area (Å²) in [5, 5.41) is 12.3. The summed E-state index contributed by atoms with van der Waals surface area (Å²) in [6.45, 7) is -0.850. The zero-order valence-electron chi connectivity index (χ0n) is 15.6. The van der Waals surface area contributed by atoms with Gasteiger partial charge in [0.1, 0.15) is 0 Å². The molecule has 0 fully saturated rings. The van der Waals surface area contributed by atoms with Gasteiger partial charge in [-0.05, 0) is 36.2 Å². The molecule has 0 saturated carbocycles. The number of hydrogen-bond donors (Lipinski definition) is 3. The van der Waals surface area contributed by atoms with Gasteiger partial charge in [0.15, 0.2) is 0 Å². The highest BCUT2D eigenvalue weighted by Crippen LogP contribution is 2.40. The Morgan fingerprint density at radius 1 is 1.41 bits per heavy atom. The van der Waals surface area contributed by atoms with Crippen LogP contribution >= 0.6 is 0 Å². The maximum atomic E-state index is 13.6. The molecule has 0 spiro atoms. The first-order chi connectivity index (χ1) is 13.7. The summed E-state index contributed by atoms with van der Waals surface area (Å²) in [7, 11) is 1.85. The molecule has 9 heteroatoms. The van der Waals surface area contributed by atoms with Crippen molar-refractivity contribution < 1.29 is 27.5 Å². The van der Waals surface area contributed by atoms with Crippen molar-refractivity contribution in [2.75, 3.05) is 20.2 Å². The molecule has 29 heavy (non-hydrogen) atoms. The Labute approximate surface area is 164 Å². The molecule has 4 rings (SSSR count). The van der Waals surface area contributed by atoms with E-state index in [4.69, 9.17) is 5.11 Å². The molecule has 2 aromatic rings. The Balaban J connectivity index is 1.63. The van der Waals surface area contributed by atoms with Gasteiger partial charge in [-0.15, -0.1) is 0 Å². The van der Waals surface area contributed by atoms with E-state index in [1.165, 1.54) is 5.56 Å². The first kappa shape index (κ1) is 19.9. The van der Waals surface area contributed by atoms with Crippen LogP contribution in [0, 0.1) is 5.92 Å². The number of aliphatic hydroxyl groups excluding tert-OH is 1. The molecule has 3 N–H and O–H groups in total. The number of aliphatic hydroxyl groups is 1. The minimum Gasteiger partial charge on any atom is -0.394 e. The number of fused-ring (bicyclic) bond motifs is 2. The van der Waals surface area contributed by atoms with Crippen LogP contribution in [0.15, 0.2) is 30.5 Å². The Kier molecular flexibility index (Phi) is 4.90. The second-order valence-electron chi connectivity index (χ2n) is 7.67. The maximum absolute atomic E-state index is 13.6. The van der Waals surface area contributed by atoms with Crippen molar-refractivity contribution in [3.8, 4) is 0 Å². The van der Waals surface area contributed by atoms with Crippen LogP contribution in [-0.4, -0.2) is 65.5 Å². The topological polar surface area (TPSA) is 68.4 Å². The van der Waals surface area contributed by atoms with Gasteiger partial charge in [-0.1, -0.05) is 18.2 Å². The summed E-state index contributed by atoms with van der Waals surface area (Å²) in [4.78, 5) is 17.8. The van der Waals surface area contributed by atoms with Gasteiger partial charge in [-0.25, -0.2) is 4.39 Å². The number of likely N-dealkylation sites (N-methyl/N-ethyl adjacent to an activating group) is 1. The highest BCUT2D eigenvalue weighted by molar-refractivity contribution is 5.99. The van der Waals surface area contributed by atoms with Crippen molar-refractivity contribution in [2.45, 2.75) is 30.9 Å². The molecule has 2 aliphatic rings. The summed E-state index contributed by atoms with van der Waals surface area (Å²) < 4.78 is 51.5. The predicted octanol–water partition coefficient (Wildman–Crippen LogP) is 2.42. The highest BCUT2D eigenvalue weighted by Gasteiger charge is 2.46. The average molecular weight is 411 g/mol. The molecule has 1 aromatic heterocycles. The largest absolute Gasteiger partial charge is 0.421 e. The molecule has 0 saturated heterocycles. The second kappa shape index (κ2) is 7.14. The summed E-state index contributed by atoms with van der Waals surface area (Å²) in [6, 6.07) is 3.85. The van der Waals surface area contributed by atoms with E-state index in [-0.39, 0.29) is 12.6 Å². The average Bonchev–Trinajstić information content (AvgIpc) is 3.09. The lowest BCUT2D eigenvalue weighted by molar-refractivity contribution is -0.191. The number of nitrogens with zero attached hydrogens (tertiary/aromatic N) is 1. The normalized spacial score (nSPS) is 24.0. The van der Waals surface area contributed by atoms with E-state index in [9.17, 15) is 22.4 Å². The van der Waals surface area contributed by atoms with Gasteiger partial charge < -0.3 is 15.4 Å². The Bertz CT molecular complexity index is 968. The van der Waals surface area contributed by atoms with E-state index >= 15 is 0 Å². The van der Waals surface area contributed by atoms with Crippen molar-refractivity contribution in [2.24, 2.45) is 5.92 Å². The third-order valence-corrected chi connectivity index (χ3v) is 5.80. The lowest BCUT2D eigenvalue weighted by Crippen LogP contribution is -2.53. The number of rotatable bonds is 4. The molecule has 2 heterocycles. The highest BCUT2D eigenvalue weighted by atomic mass is 19.4. The summed E-state index contributed by atoms with van der Waals surface area (Å²) >= 11 is 0. The number of alkyl halides is 4. The molecule has 0 bridgehead atoms. The molecule has 1 aliphatic heterocycles. The molecule has 5 nitrogen and oxygen atoms in total. The third-order valence-electron chi connectivity index (χ3n) is 5.80. The van der Waals surface area contributed by atoms with Crippen LogP contribution in [0.4, 0.5) is 17.6 Å². The van der Waals surface area contributed by atoms with Crippen molar-refractivity contribution in [1.29, 1.82) is 0 Å². The molecule has 1 amide bonds. The van der Waals surface area contributed by atoms with E-state index in [1.54, 1.807) is 6.08 Å². The first-order valence-corrected chi connectivity index (χ1v) is 9.34. The number of amides is 1. The fourth-order valence-corrected chi connectivity index (χ4v) is 4.34. The smallest absolute Gasteiger partial charge is 0.394 e. The zero-order chi connectivity index (χ0) is 20.9. The lowest BCUT2D eigenvalue weighted by atomic mass is 9.79. The Hall–Kier alpha value is -2.39. The minimum atomic E-state index is -5.16. The molecule has 156 valence electrons. The van der Waals surface area contributed by atoms with Gasteiger partial charge in [0.25, 0.3) is 0 Å². The molecule has 4 unspecified atom stereocenters. The number of nitrogens with one attached hydrogen (secondary N) is 2. The SMILES string of the molecule is CN1CC(C(=O)NC(CO)C(F)C(F)(F)F)C=C2c3cccc4[nH]cc(c34)CC21. The summed E-state index contributed by atoms with van der Waals surface area (Å²) in [5.41, 5.74) is 4.08. The Morgan fingerprint density at radius 2 is 2.17 bits per heavy atom. The van der Waals surface area contributed by atoms with Crippen molar-refractivity contribution in [1.82, 2.24) is 15.2 Å². The molecule has 1 aliphatic carbocycles. The van der Waals surface area contributed by atoms with E-state index in [0.717, 1.165) is 28.5 Å². The number of hydrogen-bond acceptors (Lipinski definition) is 3. The number of carbonyl (C=O) groups excluding carboxylic acids is 1. The molecule has 4 atom stereocenters. The number of benzene rings is 1. The van der Waals surface area contributed by atoms with E-state index in [1.807, 2.05) is 41.7 Å². The van der Waals surface area contributed by atoms with Crippen LogP contribution in [0.2, 0.25) is 0 Å². The number of aromatic nitrogens is 1. The van der Waals surface area contributed by atoms with Crippen LogP contribution in [-0.2, 0) is 11.2 Å². The van der Waals surface area contributed by atoms with Gasteiger partial charge in [0, 0.05) is 29.7 Å². The zero-order valence-corrected chi connectivity index (χ0v) is 15.6. The fraction of sp³-hybridized carbons (Fsp3) is 0.450. The first-order valence-electron chi connectivity index (χ1n) is 9.34. The summed E-state index contributed by atoms with van der Waals surface area (Å²) in [6.07, 6.45) is -3.99. The standard InChI is InChI=1S/C20H21F4N3O2/c1-27-8-11(19(29)26-15(9-28)18(21)20(22,23)24)5-13-12-3-2-4-14-17(12)10(7-25-14)6-16(13)27/h2-5,7,11,15-16,18,25,28H,6,8-9H2,1H3,(H,26,29). The third kappa shape index (κ3) is 3.42. The van der Waals surface area contributed by atoms with E-state index < -0.39 is 36.8 Å². The number of carbonyl (C=O) groups is 1. The van der Waals surface area contributed by atoms with Gasteiger partial charge in [-0.2, -0.15) is 13.2 Å². The lowest BCUT2D eigenvalue weighted by Gasteiger charge is -2.39. The number of H-pyrrole nitrogens is 1. The quantitative estimate of drug-likeness (QED) is 0.677. The minimum absolute atomic E-state index is 0.0469. The maximum Gasteiger partial charge on any atom is 0.421 e. The van der Waals surface area contributed by atoms with Gasteiger partial charge in [-0.3, -0.25) is 9.69 Å². The van der Waals surface area contributed by atoms with Crippen molar-refractivity contribution in [3.63, 3.8) is 0 Å². The fourth-order valence-electron chi connectivity index (χ4n) is 4.34. The van der Waals surface area contributed by atoms with Crippen molar-refractivity contribution in [3.05, 3.63) is 41.6 Å². The molecular formula is C20H21F4N3O2. The van der Waals surface area contributed by atoms with Crippen LogP contribution in [0.3, 0.4) is 0 Å².